The van der Waals surface area contributed by atoms with Crippen LogP contribution in [0.5, 0.6) is 0 Å². The molecule has 3 aromatic heterocycles. The number of hydrogen-bond donors (Lipinski definition) is 0. The highest BCUT2D eigenvalue weighted by molar-refractivity contribution is 6.61. The number of likely N-dealkylation sites (tertiary alicyclic amines) is 2. The Labute approximate surface area is 284 Å². The molecule has 3 aromatic rings. The van der Waals surface area contributed by atoms with Gasteiger partial charge in [0.1, 0.15) is 13.2 Å². The Morgan fingerprint density at radius 1 is 0.766 bits per heavy atom. The number of carbonyl (C=O) groups excluding carboxylic acids is 2. The Hall–Kier alpha value is -4.08. The molecule has 1 saturated carbocycles. The summed E-state index contributed by atoms with van der Waals surface area (Å²) in [5, 5.41) is 0. The summed E-state index contributed by atoms with van der Waals surface area (Å²) in [5.74, 6) is 0.809. The molecule has 1 amide bonds. The van der Waals surface area contributed by atoms with Crippen molar-refractivity contribution in [1.29, 1.82) is 0 Å². The Kier molecular flexibility index (Phi) is 17.2. The highest BCUT2D eigenvalue weighted by Gasteiger charge is 2.31. The smallest absolute Gasteiger partial charge is 0.410 e. The van der Waals surface area contributed by atoms with Crippen molar-refractivity contribution in [1.82, 2.24) is 24.8 Å². The van der Waals surface area contributed by atoms with Gasteiger partial charge in [-0.2, -0.15) is 0 Å². The van der Waals surface area contributed by atoms with Crippen molar-refractivity contribution in [3.63, 3.8) is 0 Å². The Balaban J connectivity index is 0.000000178. The van der Waals surface area contributed by atoms with E-state index in [4.69, 9.17) is 16.3 Å². The Morgan fingerprint density at radius 3 is 1.74 bits per heavy atom. The molecule has 6 rings (SSSR count). The predicted octanol–water partition coefficient (Wildman–Crippen LogP) is 8.68. The fraction of sp³-hybridized carbons (Fsp3) is 0.432. The largest absolute Gasteiger partial charge is 0.449 e. The molecule has 2 unspecified atom stereocenters. The van der Waals surface area contributed by atoms with Crippen molar-refractivity contribution in [2.45, 2.75) is 69.4 Å². The summed E-state index contributed by atoms with van der Waals surface area (Å²) in [5.41, 5.74) is 3.07. The van der Waals surface area contributed by atoms with Crippen LogP contribution in [-0.2, 0) is 9.47 Å². The van der Waals surface area contributed by atoms with Gasteiger partial charge in [-0.1, -0.05) is 56.4 Å². The van der Waals surface area contributed by atoms with Crippen LogP contribution >= 0.6 is 11.6 Å². The lowest BCUT2D eigenvalue weighted by atomic mass is 10.00. The molecule has 47 heavy (non-hydrogen) atoms. The standard InChI is InChI=1S/C13H16N2O2.C10H14N2.C10H13N.C4H5ClO2/c1-2-9-17-13(16)15-8-4-6-12(15)11-5-3-7-14-10-11;1-12-7-3-5-10(12)9-4-2-6-11-8-9;1-2-5-9(4-1)10-6-3-7-11-8-10;1-2-3-7-4(5)6/h2-3,5,7,10,12H,1,4,6,8-9H2;2,4,6,8,10H,3,5,7H2,1H3;3,6-9H,1-2,4-5H2;2H,1,3H2. The highest BCUT2D eigenvalue weighted by atomic mass is 35.5. The van der Waals surface area contributed by atoms with Crippen LogP contribution in [0.4, 0.5) is 9.59 Å². The first-order valence-corrected chi connectivity index (χ1v) is 16.7. The van der Waals surface area contributed by atoms with Crippen molar-refractivity contribution in [2.24, 2.45) is 0 Å². The van der Waals surface area contributed by atoms with Gasteiger partial charge in [-0.05, 0) is 92.9 Å². The summed E-state index contributed by atoms with van der Waals surface area (Å²) in [4.78, 5) is 38.0. The summed E-state index contributed by atoms with van der Waals surface area (Å²) in [7, 11) is 2.19. The van der Waals surface area contributed by atoms with Gasteiger partial charge < -0.3 is 14.4 Å². The van der Waals surface area contributed by atoms with Crippen LogP contribution in [0, 0.1) is 0 Å². The van der Waals surface area contributed by atoms with Crippen molar-refractivity contribution in [3.8, 4) is 0 Å². The average Bonchev–Trinajstić information content (AvgIpc) is 3.91. The number of carbonyl (C=O) groups is 2. The first-order valence-electron chi connectivity index (χ1n) is 16.3. The van der Waals surface area contributed by atoms with Crippen LogP contribution in [-0.4, -0.2) is 69.6 Å². The molecule has 0 spiro atoms. The monoisotopic (exact) mass is 661 g/mol. The number of halogens is 1. The van der Waals surface area contributed by atoms with Crippen molar-refractivity contribution in [2.75, 3.05) is 33.4 Å². The Bertz CT molecular complexity index is 1330. The molecule has 252 valence electrons. The lowest BCUT2D eigenvalue weighted by Crippen LogP contribution is -2.31. The number of nitrogens with zero attached hydrogens (tertiary/aromatic N) is 5. The zero-order valence-corrected chi connectivity index (χ0v) is 28.2. The van der Waals surface area contributed by atoms with Gasteiger partial charge in [0.2, 0.25) is 0 Å². The first kappa shape index (κ1) is 37.4. The number of hydrogen-bond acceptors (Lipinski definition) is 8. The van der Waals surface area contributed by atoms with Crippen LogP contribution in [0.15, 0.2) is 98.9 Å². The van der Waals surface area contributed by atoms with E-state index in [2.05, 4.69) is 56.9 Å². The summed E-state index contributed by atoms with van der Waals surface area (Å²) < 4.78 is 9.27. The summed E-state index contributed by atoms with van der Waals surface area (Å²) >= 11 is 4.75. The van der Waals surface area contributed by atoms with E-state index in [0.717, 1.165) is 30.9 Å². The van der Waals surface area contributed by atoms with E-state index in [1.165, 1.54) is 62.3 Å². The second kappa shape index (κ2) is 21.7. The normalized spacial score (nSPS) is 18.7. The van der Waals surface area contributed by atoms with E-state index in [-0.39, 0.29) is 25.3 Å². The molecule has 10 heteroatoms. The van der Waals surface area contributed by atoms with Crippen LogP contribution in [0.1, 0.15) is 86.1 Å². The Morgan fingerprint density at radius 2 is 1.28 bits per heavy atom. The predicted molar refractivity (Wildman–Crippen MR) is 186 cm³/mol. The second-order valence-corrected chi connectivity index (χ2v) is 11.8. The third-order valence-corrected chi connectivity index (χ3v) is 8.41. The van der Waals surface area contributed by atoms with Crippen molar-refractivity contribution in [3.05, 3.63) is 116 Å². The van der Waals surface area contributed by atoms with Gasteiger partial charge in [0.25, 0.3) is 0 Å². The number of amides is 1. The van der Waals surface area contributed by atoms with Crippen molar-refractivity contribution >= 4 is 23.1 Å². The summed E-state index contributed by atoms with van der Waals surface area (Å²) in [6.45, 7) is 9.24. The number of rotatable bonds is 7. The minimum absolute atomic E-state index is 0.0982. The van der Waals surface area contributed by atoms with E-state index in [1.54, 1.807) is 17.2 Å². The van der Waals surface area contributed by atoms with E-state index in [1.807, 2.05) is 55.2 Å². The van der Waals surface area contributed by atoms with Gasteiger partial charge in [-0.25, -0.2) is 9.59 Å². The highest BCUT2D eigenvalue weighted by Crippen LogP contribution is 2.33. The van der Waals surface area contributed by atoms with E-state index < -0.39 is 5.43 Å². The molecule has 3 aliphatic rings. The first-order chi connectivity index (χ1) is 22.9. The third kappa shape index (κ3) is 13.3. The molecule has 1 aliphatic carbocycles. The van der Waals surface area contributed by atoms with E-state index in [9.17, 15) is 9.59 Å². The SMILES string of the molecule is C=CCOC(=O)Cl.C=CCOC(=O)N1CCCC1c1cccnc1.CN1CCCC1c1cccnc1.c1cncc(C2CCCC2)c1. The van der Waals surface area contributed by atoms with Crippen molar-refractivity contribution < 1.29 is 19.1 Å². The molecule has 5 heterocycles. The zero-order chi connectivity index (χ0) is 33.7. The summed E-state index contributed by atoms with van der Waals surface area (Å²) in [6.07, 6.45) is 24.1. The van der Waals surface area contributed by atoms with Gasteiger partial charge in [-0.15, -0.1) is 0 Å². The van der Waals surface area contributed by atoms with E-state index in [0.29, 0.717) is 6.04 Å². The molecule has 2 saturated heterocycles. The maximum Gasteiger partial charge on any atom is 0.410 e. The van der Waals surface area contributed by atoms with Crippen LogP contribution < -0.4 is 0 Å². The molecule has 2 atom stereocenters. The molecule has 0 N–H and O–H groups in total. The maximum absolute atomic E-state index is 11.8. The van der Waals surface area contributed by atoms with Crippen LogP contribution in [0.3, 0.4) is 0 Å². The van der Waals surface area contributed by atoms with Gasteiger partial charge in [0.05, 0.1) is 6.04 Å². The average molecular weight is 662 g/mol. The molecule has 0 bridgehead atoms. The van der Waals surface area contributed by atoms with E-state index >= 15 is 0 Å². The molecule has 9 nitrogen and oxygen atoms in total. The maximum atomic E-state index is 11.8. The number of ether oxygens (including phenoxy) is 2. The molecule has 0 radical (unpaired) electrons. The second-order valence-electron chi connectivity index (χ2n) is 11.5. The van der Waals surface area contributed by atoms with Crippen LogP contribution in [0.25, 0.3) is 0 Å². The zero-order valence-electron chi connectivity index (χ0n) is 27.5. The fourth-order valence-electron chi connectivity index (χ4n) is 6.02. The quantitative estimate of drug-likeness (QED) is 0.183. The molecule has 2 aliphatic heterocycles. The lowest BCUT2D eigenvalue weighted by molar-refractivity contribution is 0.108. The van der Waals surface area contributed by atoms with Gasteiger partial charge in [0, 0.05) is 61.4 Å². The fourth-order valence-corrected chi connectivity index (χ4v) is 6.09. The van der Waals surface area contributed by atoms with Gasteiger partial charge in [0.15, 0.2) is 0 Å². The van der Waals surface area contributed by atoms with Gasteiger partial charge in [-0.3, -0.25) is 19.9 Å². The molecule has 3 fully saturated rings. The topological polar surface area (TPSA) is 97.8 Å². The lowest BCUT2D eigenvalue weighted by Gasteiger charge is -2.23. The molecule has 0 aromatic carbocycles. The number of pyridine rings is 3. The molecular weight excluding hydrogens is 614 g/mol. The van der Waals surface area contributed by atoms with Gasteiger partial charge >= 0.3 is 11.5 Å². The minimum atomic E-state index is -0.792. The third-order valence-electron chi connectivity index (χ3n) is 8.30. The van der Waals surface area contributed by atoms with Crippen LogP contribution in [0.2, 0.25) is 0 Å². The molecular formula is C37H48ClN5O4. The number of aromatic nitrogens is 3. The minimum Gasteiger partial charge on any atom is -0.449 e. The summed E-state index contributed by atoms with van der Waals surface area (Å²) in [6, 6.07) is 13.0.